The predicted octanol–water partition coefficient (Wildman–Crippen LogP) is 2.84. The lowest BCUT2D eigenvalue weighted by atomic mass is 10.2. The van der Waals surface area contributed by atoms with Gasteiger partial charge in [-0.2, -0.15) is 0 Å². The number of carbonyl (C=O) groups is 2. The highest BCUT2D eigenvalue weighted by atomic mass is 32.2. The summed E-state index contributed by atoms with van der Waals surface area (Å²) in [5.74, 6) is -0.651. The van der Waals surface area contributed by atoms with Gasteiger partial charge in [0.25, 0.3) is 5.69 Å². The van der Waals surface area contributed by atoms with Crippen molar-refractivity contribution >= 4 is 45.8 Å². The summed E-state index contributed by atoms with van der Waals surface area (Å²) in [5.41, 5.74) is 1.03. The minimum Gasteiger partial charge on any atom is -0.325 e. The fourth-order valence-corrected chi connectivity index (χ4v) is 3.26. The summed E-state index contributed by atoms with van der Waals surface area (Å²) in [6.45, 7) is 0. The average Bonchev–Trinajstić information content (AvgIpc) is 2.62. The molecule has 2 amide bonds. The molecule has 0 bridgehead atoms. The van der Waals surface area contributed by atoms with Gasteiger partial charge in [0.05, 0.1) is 10.6 Å². The molecule has 1 saturated heterocycles. The van der Waals surface area contributed by atoms with Crippen molar-refractivity contribution in [2.75, 3.05) is 5.32 Å². The molecule has 1 heterocycles. The summed E-state index contributed by atoms with van der Waals surface area (Å²) in [4.78, 5) is 38.8. The fourth-order valence-electron chi connectivity index (χ4n) is 2.25. The van der Waals surface area contributed by atoms with E-state index >= 15 is 0 Å². The van der Waals surface area contributed by atoms with E-state index in [-0.39, 0.29) is 23.9 Å². The monoisotopic (exact) mass is 370 g/mol. The number of rotatable bonds is 4. The number of carbonyl (C=O) groups excluding carboxylic acids is 2. The maximum absolute atomic E-state index is 12.4. The number of amides is 2. The van der Waals surface area contributed by atoms with Crippen LogP contribution < -0.4 is 10.6 Å². The number of aliphatic imine (C=N–C) groups is 1. The molecule has 0 aromatic heterocycles. The summed E-state index contributed by atoms with van der Waals surface area (Å²) in [7, 11) is 0. The van der Waals surface area contributed by atoms with Gasteiger partial charge in [-0.25, -0.2) is 4.99 Å². The van der Waals surface area contributed by atoms with E-state index in [1.807, 2.05) is 18.2 Å². The van der Waals surface area contributed by atoms with Gasteiger partial charge >= 0.3 is 0 Å². The zero-order valence-electron chi connectivity index (χ0n) is 13.4. The van der Waals surface area contributed by atoms with Crippen molar-refractivity contribution in [1.29, 1.82) is 0 Å². The van der Waals surface area contributed by atoms with E-state index < -0.39 is 10.2 Å². The number of thioether (sulfide) groups is 1. The van der Waals surface area contributed by atoms with E-state index in [1.165, 1.54) is 24.3 Å². The molecule has 9 heteroatoms. The van der Waals surface area contributed by atoms with Gasteiger partial charge in [-0.1, -0.05) is 30.0 Å². The van der Waals surface area contributed by atoms with E-state index in [2.05, 4.69) is 15.6 Å². The first-order valence-electron chi connectivity index (χ1n) is 7.67. The topological polar surface area (TPSA) is 114 Å². The first kappa shape index (κ1) is 17.6. The largest absolute Gasteiger partial charge is 0.325 e. The number of nitrogens with zero attached hydrogens (tertiary/aromatic N) is 2. The molecule has 2 N–H and O–H groups in total. The Hall–Kier alpha value is -3.20. The molecule has 1 fully saturated rings. The van der Waals surface area contributed by atoms with Crippen molar-refractivity contribution in [2.24, 2.45) is 4.99 Å². The lowest BCUT2D eigenvalue weighted by molar-refractivity contribution is -0.384. The molecule has 0 saturated carbocycles. The Bertz CT molecular complexity index is 868. The zero-order valence-corrected chi connectivity index (χ0v) is 14.2. The molecule has 0 radical (unpaired) electrons. The average molecular weight is 370 g/mol. The molecule has 2 aromatic rings. The molecule has 0 unspecified atom stereocenters. The minimum absolute atomic E-state index is 0.0251. The number of amidine groups is 1. The van der Waals surface area contributed by atoms with Crippen LogP contribution in [0.15, 0.2) is 59.6 Å². The van der Waals surface area contributed by atoms with Crippen molar-refractivity contribution in [1.82, 2.24) is 5.32 Å². The van der Waals surface area contributed by atoms with Crippen molar-refractivity contribution in [3.63, 3.8) is 0 Å². The molecule has 8 nitrogen and oxygen atoms in total. The van der Waals surface area contributed by atoms with Gasteiger partial charge in [-0.3, -0.25) is 19.7 Å². The Morgan fingerprint density at radius 1 is 1.19 bits per heavy atom. The molecule has 1 atom stereocenters. The molecular formula is C17H14N4O4S. The van der Waals surface area contributed by atoms with Crippen LogP contribution in [0.1, 0.15) is 6.42 Å². The lowest BCUT2D eigenvalue weighted by Gasteiger charge is -2.22. The molecule has 0 spiro atoms. The fraction of sp³-hybridized carbons (Fsp3) is 0.118. The minimum atomic E-state index is -0.638. The first-order chi connectivity index (χ1) is 12.5. The first-order valence-corrected chi connectivity index (χ1v) is 8.55. The molecule has 1 aliphatic rings. The van der Waals surface area contributed by atoms with Crippen LogP contribution in [-0.4, -0.2) is 27.2 Å². The predicted molar refractivity (Wildman–Crippen MR) is 99.4 cm³/mol. The van der Waals surface area contributed by atoms with E-state index in [1.54, 1.807) is 12.1 Å². The van der Waals surface area contributed by atoms with Crippen molar-refractivity contribution < 1.29 is 14.5 Å². The second kappa shape index (κ2) is 7.79. The van der Waals surface area contributed by atoms with Crippen LogP contribution in [0.2, 0.25) is 0 Å². The highest BCUT2D eigenvalue weighted by Gasteiger charge is 2.30. The Morgan fingerprint density at radius 2 is 1.88 bits per heavy atom. The van der Waals surface area contributed by atoms with Gasteiger partial charge in [0, 0.05) is 24.2 Å². The molecule has 0 aliphatic carbocycles. The second-order valence-corrected chi connectivity index (χ2v) is 6.60. The van der Waals surface area contributed by atoms with Crippen LogP contribution in [-0.2, 0) is 9.59 Å². The van der Waals surface area contributed by atoms with Crippen LogP contribution in [0.4, 0.5) is 17.1 Å². The van der Waals surface area contributed by atoms with Gasteiger partial charge in [0.1, 0.15) is 5.25 Å². The van der Waals surface area contributed by atoms with E-state index in [0.29, 0.717) is 16.5 Å². The number of benzene rings is 2. The number of anilines is 1. The van der Waals surface area contributed by atoms with Crippen LogP contribution in [0.5, 0.6) is 0 Å². The van der Waals surface area contributed by atoms with Gasteiger partial charge in [0.15, 0.2) is 5.17 Å². The Labute approximate surface area is 152 Å². The van der Waals surface area contributed by atoms with E-state index in [0.717, 1.165) is 11.8 Å². The number of non-ortho nitro benzene ring substituents is 1. The molecule has 132 valence electrons. The number of hydrogen-bond donors (Lipinski definition) is 2. The zero-order chi connectivity index (χ0) is 18.5. The smallest absolute Gasteiger partial charge is 0.269 e. The third kappa shape index (κ3) is 4.45. The number of para-hydroxylation sites is 1. The molecule has 26 heavy (non-hydrogen) atoms. The van der Waals surface area contributed by atoms with Crippen molar-refractivity contribution in [3.05, 3.63) is 64.7 Å². The Morgan fingerprint density at radius 3 is 2.54 bits per heavy atom. The molecule has 3 rings (SSSR count). The van der Waals surface area contributed by atoms with Crippen LogP contribution in [0, 0.1) is 10.1 Å². The third-order valence-corrected chi connectivity index (χ3v) is 4.58. The number of nitro groups is 1. The van der Waals surface area contributed by atoms with Crippen LogP contribution in [0.3, 0.4) is 0 Å². The standard InChI is InChI=1S/C17H14N4O4S/c22-15-10-14(26-17(20-15)19-11-4-2-1-3-5-11)16(23)18-12-6-8-13(9-7-12)21(24)25/h1-9,14H,10H2,(H,18,23)(H,19,20,22)/t14-/m0/s1. The normalized spacial score (nSPS) is 18.2. The molecule has 1 aliphatic heterocycles. The van der Waals surface area contributed by atoms with Crippen LogP contribution >= 0.6 is 11.8 Å². The lowest BCUT2D eigenvalue weighted by Crippen LogP contribution is -2.41. The quantitative estimate of drug-likeness (QED) is 0.634. The number of nitro benzene ring substituents is 1. The van der Waals surface area contributed by atoms with Crippen molar-refractivity contribution in [3.8, 4) is 0 Å². The summed E-state index contributed by atoms with van der Waals surface area (Å²) in [5, 5.41) is 15.7. The molecule has 2 aromatic carbocycles. The van der Waals surface area contributed by atoms with Gasteiger partial charge in [-0.15, -0.1) is 0 Å². The second-order valence-electron chi connectivity index (χ2n) is 5.40. The van der Waals surface area contributed by atoms with E-state index in [4.69, 9.17) is 0 Å². The highest BCUT2D eigenvalue weighted by molar-refractivity contribution is 8.15. The third-order valence-electron chi connectivity index (χ3n) is 3.50. The van der Waals surface area contributed by atoms with Gasteiger partial charge in [-0.05, 0) is 24.3 Å². The number of nitrogens with one attached hydrogen (secondary N) is 2. The number of hydrogen-bond acceptors (Lipinski definition) is 6. The van der Waals surface area contributed by atoms with E-state index in [9.17, 15) is 19.7 Å². The summed E-state index contributed by atoms with van der Waals surface area (Å²) in [6, 6.07) is 14.6. The maximum Gasteiger partial charge on any atom is 0.269 e. The van der Waals surface area contributed by atoms with Gasteiger partial charge in [0.2, 0.25) is 11.8 Å². The maximum atomic E-state index is 12.4. The summed E-state index contributed by atoms with van der Waals surface area (Å²) < 4.78 is 0. The van der Waals surface area contributed by atoms with Crippen molar-refractivity contribution in [2.45, 2.75) is 11.7 Å². The highest BCUT2D eigenvalue weighted by Crippen LogP contribution is 2.25. The van der Waals surface area contributed by atoms with Gasteiger partial charge < -0.3 is 10.6 Å². The molecular weight excluding hydrogens is 356 g/mol. The Balaban J connectivity index is 1.69. The summed E-state index contributed by atoms with van der Waals surface area (Å²) >= 11 is 1.16. The Kier molecular flexibility index (Phi) is 5.28. The SMILES string of the molecule is O=C1C[C@@H](C(=O)Nc2ccc([N+](=O)[O-])cc2)SC(=Nc2ccccc2)N1. The summed E-state index contributed by atoms with van der Waals surface area (Å²) in [6.07, 6.45) is 0.0251. The van der Waals surface area contributed by atoms with Crippen LogP contribution in [0.25, 0.3) is 0 Å².